The number of benzene rings is 1. The van der Waals surface area contributed by atoms with E-state index in [0.717, 1.165) is 16.7 Å². The molecule has 0 aliphatic heterocycles. The van der Waals surface area contributed by atoms with Gasteiger partial charge in [0.2, 0.25) is 0 Å². The first kappa shape index (κ1) is 14.7. The summed E-state index contributed by atoms with van der Waals surface area (Å²) in [5, 5.41) is 9.17. The highest BCUT2D eigenvalue weighted by Gasteiger charge is 2.16. The summed E-state index contributed by atoms with van der Waals surface area (Å²) in [6.45, 7) is 5.61. The van der Waals surface area contributed by atoms with Crippen molar-refractivity contribution in [2.45, 2.75) is 40.0 Å². The standard InChI is InChI=1S/C14H17ClO3/c1-8-7-9(2)14(15)10(3)13(8)11(16)5-4-6-12(17)18/h7H,4-6H2,1-3H3,(H,17,18). The van der Waals surface area contributed by atoms with Gasteiger partial charge in [0.1, 0.15) is 0 Å². The fourth-order valence-corrected chi connectivity index (χ4v) is 2.26. The molecule has 1 aromatic carbocycles. The van der Waals surface area contributed by atoms with Crippen molar-refractivity contribution in [1.82, 2.24) is 0 Å². The average Bonchev–Trinajstić information content (AvgIpc) is 2.25. The molecule has 4 heteroatoms. The van der Waals surface area contributed by atoms with Gasteiger partial charge in [-0.2, -0.15) is 0 Å². The van der Waals surface area contributed by atoms with Gasteiger partial charge in [0.15, 0.2) is 5.78 Å². The Morgan fingerprint density at radius 2 is 1.78 bits per heavy atom. The highest BCUT2D eigenvalue weighted by Crippen LogP contribution is 2.27. The summed E-state index contributed by atoms with van der Waals surface area (Å²) in [4.78, 5) is 22.5. The second-order valence-corrected chi connectivity index (χ2v) is 4.87. The van der Waals surface area contributed by atoms with Crippen LogP contribution in [0.2, 0.25) is 5.02 Å². The van der Waals surface area contributed by atoms with E-state index >= 15 is 0 Å². The Morgan fingerprint density at radius 3 is 2.33 bits per heavy atom. The van der Waals surface area contributed by atoms with Crippen molar-refractivity contribution in [1.29, 1.82) is 0 Å². The van der Waals surface area contributed by atoms with E-state index in [1.165, 1.54) is 0 Å². The van der Waals surface area contributed by atoms with Crippen molar-refractivity contribution in [3.8, 4) is 0 Å². The Balaban J connectivity index is 2.92. The van der Waals surface area contributed by atoms with Crippen molar-refractivity contribution in [3.05, 3.63) is 33.3 Å². The molecule has 0 aliphatic carbocycles. The highest BCUT2D eigenvalue weighted by atomic mass is 35.5. The van der Waals surface area contributed by atoms with Gasteiger partial charge in [0.25, 0.3) is 0 Å². The molecule has 0 bridgehead atoms. The molecule has 0 amide bonds. The molecule has 0 fully saturated rings. The number of hydrogen-bond donors (Lipinski definition) is 1. The number of carbonyl (C=O) groups excluding carboxylic acids is 1. The van der Waals surface area contributed by atoms with Crippen molar-refractivity contribution < 1.29 is 14.7 Å². The summed E-state index contributed by atoms with van der Waals surface area (Å²) >= 11 is 6.14. The number of hydrogen-bond acceptors (Lipinski definition) is 2. The van der Waals surface area contributed by atoms with Crippen molar-refractivity contribution in [3.63, 3.8) is 0 Å². The van der Waals surface area contributed by atoms with Crippen LogP contribution in [0.25, 0.3) is 0 Å². The molecule has 1 aromatic rings. The Hall–Kier alpha value is -1.35. The topological polar surface area (TPSA) is 54.4 Å². The van der Waals surface area contributed by atoms with E-state index in [0.29, 0.717) is 17.0 Å². The lowest BCUT2D eigenvalue weighted by atomic mass is 9.94. The zero-order valence-electron chi connectivity index (χ0n) is 10.8. The van der Waals surface area contributed by atoms with Crippen molar-refractivity contribution >= 4 is 23.4 Å². The minimum atomic E-state index is -0.877. The van der Waals surface area contributed by atoms with E-state index in [4.69, 9.17) is 16.7 Å². The predicted molar refractivity (Wildman–Crippen MR) is 71.5 cm³/mol. The second-order valence-electron chi connectivity index (χ2n) is 4.49. The van der Waals surface area contributed by atoms with E-state index in [2.05, 4.69) is 0 Å². The van der Waals surface area contributed by atoms with Crippen LogP contribution in [-0.4, -0.2) is 16.9 Å². The lowest BCUT2D eigenvalue weighted by molar-refractivity contribution is -0.137. The smallest absolute Gasteiger partial charge is 0.303 e. The van der Waals surface area contributed by atoms with Crippen LogP contribution in [0.3, 0.4) is 0 Å². The van der Waals surface area contributed by atoms with Gasteiger partial charge < -0.3 is 5.11 Å². The fourth-order valence-electron chi connectivity index (χ4n) is 2.12. The summed E-state index contributed by atoms with van der Waals surface area (Å²) < 4.78 is 0. The number of halogens is 1. The summed E-state index contributed by atoms with van der Waals surface area (Å²) in [6.07, 6.45) is 0.620. The maximum atomic E-state index is 12.1. The van der Waals surface area contributed by atoms with Gasteiger partial charge in [-0.05, 0) is 43.9 Å². The first-order chi connectivity index (χ1) is 8.34. The van der Waals surface area contributed by atoms with Gasteiger partial charge in [-0.3, -0.25) is 9.59 Å². The largest absolute Gasteiger partial charge is 0.481 e. The average molecular weight is 269 g/mol. The van der Waals surface area contributed by atoms with Gasteiger partial charge in [-0.15, -0.1) is 0 Å². The number of carboxylic acid groups (broad SMARTS) is 1. The molecule has 0 saturated carbocycles. The Bertz CT molecular complexity index is 492. The molecule has 0 atom stereocenters. The van der Waals surface area contributed by atoms with Gasteiger partial charge >= 0.3 is 5.97 Å². The first-order valence-electron chi connectivity index (χ1n) is 5.86. The van der Waals surface area contributed by atoms with Crippen LogP contribution >= 0.6 is 11.6 Å². The molecule has 0 spiro atoms. The zero-order valence-corrected chi connectivity index (χ0v) is 11.6. The number of aliphatic carboxylic acids is 1. The number of ketones is 1. The lowest BCUT2D eigenvalue weighted by Crippen LogP contribution is -2.07. The van der Waals surface area contributed by atoms with Gasteiger partial charge in [-0.1, -0.05) is 17.7 Å². The van der Waals surface area contributed by atoms with Gasteiger partial charge in [0.05, 0.1) is 0 Å². The first-order valence-corrected chi connectivity index (χ1v) is 6.23. The van der Waals surface area contributed by atoms with Crippen LogP contribution in [0.5, 0.6) is 0 Å². The molecule has 0 aliphatic rings. The SMILES string of the molecule is Cc1cc(C)c(C(=O)CCCC(=O)O)c(C)c1Cl. The van der Waals surface area contributed by atoms with Crippen LogP contribution < -0.4 is 0 Å². The van der Waals surface area contributed by atoms with Crippen LogP contribution in [0.1, 0.15) is 46.3 Å². The fraction of sp³-hybridized carbons (Fsp3) is 0.429. The third-order valence-corrected chi connectivity index (χ3v) is 3.53. The number of aryl methyl sites for hydroxylation is 2. The minimum Gasteiger partial charge on any atom is -0.481 e. The number of Topliss-reactive ketones (excluding diaryl/α,β-unsaturated/α-hetero) is 1. The van der Waals surface area contributed by atoms with Crippen molar-refractivity contribution in [2.24, 2.45) is 0 Å². The Morgan fingerprint density at radius 1 is 1.17 bits per heavy atom. The molecule has 0 heterocycles. The maximum absolute atomic E-state index is 12.1. The molecule has 18 heavy (non-hydrogen) atoms. The molecule has 1 rings (SSSR count). The van der Waals surface area contributed by atoms with Crippen LogP contribution in [0.4, 0.5) is 0 Å². The predicted octanol–water partition coefficient (Wildman–Crippen LogP) is 3.70. The van der Waals surface area contributed by atoms with E-state index in [1.54, 1.807) is 0 Å². The second kappa shape index (κ2) is 6.01. The lowest BCUT2D eigenvalue weighted by Gasteiger charge is -2.12. The molecule has 98 valence electrons. The molecule has 1 N–H and O–H groups in total. The number of rotatable bonds is 5. The van der Waals surface area contributed by atoms with E-state index in [1.807, 2.05) is 26.8 Å². The number of carboxylic acids is 1. The third kappa shape index (κ3) is 3.33. The quantitative estimate of drug-likeness (QED) is 0.829. The Labute approximate surface area is 112 Å². The molecule has 0 saturated heterocycles. The van der Waals surface area contributed by atoms with Crippen LogP contribution in [-0.2, 0) is 4.79 Å². The van der Waals surface area contributed by atoms with Gasteiger partial charge in [-0.25, -0.2) is 0 Å². The molecule has 0 unspecified atom stereocenters. The molecular weight excluding hydrogens is 252 g/mol. The normalized spacial score (nSPS) is 10.4. The van der Waals surface area contributed by atoms with E-state index in [9.17, 15) is 9.59 Å². The molecule has 0 radical (unpaired) electrons. The Kier molecular flexibility index (Phi) is 4.91. The van der Waals surface area contributed by atoms with E-state index in [-0.39, 0.29) is 18.6 Å². The van der Waals surface area contributed by atoms with Crippen LogP contribution in [0, 0.1) is 20.8 Å². The summed E-state index contributed by atoms with van der Waals surface area (Å²) in [5.41, 5.74) is 3.27. The summed E-state index contributed by atoms with van der Waals surface area (Å²) in [5.74, 6) is -0.911. The summed E-state index contributed by atoms with van der Waals surface area (Å²) in [7, 11) is 0. The summed E-state index contributed by atoms with van der Waals surface area (Å²) in [6, 6.07) is 1.89. The minimum absolute atomic E-state index is 0.0173. The van der Waals surface area contributed by atoms with Crippen molar-refractivity contribution in [2.75, 3.05) is 0 Å². The monoisotopic (exact) mass is 268 g/mol. The molecule has 0 aromatic heterocycles. The third-order valence-electron chi connectivity index (χ3n) is 2.95. The van der Waals surface area contributed by atoms with E-state index < -0.39 is 5.97 Å². The van der Waals surface area contributed by atoms with Crippen LogP contribution in [0.15, 0.2) is 6.07 Å². The van der Waals surface area contributed by atoms with Gasteiger partial charge in [0, 0.05) is 23.4 Å². The zero-order chi connectivity index (χ0) is 13.9. The number of carbonyl (C=O) groups is 2. The molecule has 3 nitrogen and oxygen atoms in total. The maximum Gasteiger partial charge on any atom is 0.303 e. The highest BCUT2D eigenvalue weighted by molar-refractivity contribution is 6.32. The molecular formula is C14H17ClO3.